The zero-order valence-electron chi connectivity index (χ0n) is 21.2. The Hall–Kier alpha value is -3.30. The molecule has 0 unspecified atom stereocenters. The van der Waals surface area contributed by atoms with Crippen LogP contribution in [0.2, 0.25) is 0 Å². The Balaban J connectivity index is 1.60. The highest BCUT2D eigenvalue weighted by Crippen LogP contribution is 2.48. The van der Waals surface area contributed by atoms with E-state index in [1.807, 2.05) is 42.5 Å². The molecule has 9 heteroatoms. The summed E-state index contributed by atoms with van der Waals surface area (Å²) < 4.78 is 39.9. The van der Waals surface area contributed by atoms with Gasteiger partial charge in [0, 0.05) is 18.7 Å². The third-order valence-electron chi connectivity index (χ3n) is 6.83. The third kappa shape index (κ3) is 4.80. The number of aliphatic hydroxyl groups is 1. The SMILES string of the molecule is CC(C)(C)OC(=O)N1CC[C@](O)(c2ccc(F)c(F)c2)[C@@H](c2onc(-c3cccc4ccccc34)c2Br)C1. The minimum atomic E-state index is -1.68. The second-order valence-corrected chi connectivity index (χ2v) is 11.3. The maximum atomic E-state index is 14.3. The van der Waals surface area contributed by atoms with Crippen molar-refractivity contribution in [1.82, 2.24) is 10.1 Å². The molecule has 1 aromatic heterocycles. The van der Waals surface area contributed by atoms with E-state index in [-0.39, 0.29) is 30.8 Å². The van der Waals surface area contributed by atoms with E-state index in [0.29, 0.717) is 10.2 Å². The van der Waals surface area contributed by atoms with Crippen LogP contribution < -0.4 is 0 Å². The molecule has 6 nitrogen and oxygen atoms in total. The van der Waals surface area contributed by atoms with Gasteiger partial charge in [0.1, 0.15) is 16.9 Å². The number of aromatic nitrogens is 1. The van der Waals surface area contributed by atoms with Gasteiger partial charge in [0.2, 0.25) is 0 Å². The lowest BCUT2D eigenvalue weighted by molar-refractivity contribution is -0.0590. The van der Waals surface area contributed by atoms with Gasteiger partial charge in [-0.3, -0.25) is 0 Å². The average molecular weight is 585 g/mol. The van der Waals surface area contributed by atoms with Crippen LogP contribution in [0.1, 0.15) is 44.4 Å². The van der Waals surface area contributed by atoms with Crippen LogP contribution in [0.25, 0.3) is 22.0 Å². The fourth-order valence-electron chi connectivity index (χ4n) is 4.95. The smallest absolute Gasteiger partial charge is 0.410 e. The fraction of sp³-hybridized carbons (Fsp3) is 0.310. The molecule has 5 rings (SSSR count). The number of likely N-dealkylation sites (tertiary alicyclic amines) is 1. The predicted octanol–water partition coefficient (Wildman–Crippen LogP) is 7.15. The first-order valence-corrected chi connectivity index (χ1v) is 13.1. The zero-order chi connectivity index (χ0) is 27.2. The monoisotopic (exact) mass is 584 g/mol. The van der Waals surface area contributed by atoms with Crippen LogP contribution in [0.4, 0.5) is 13.6 Å². The molecule has 1 saturated heterocycles. The van der Waals surface area contributed by atoms with Gasteiger partial charge in [-0.25, -0.2) is 13.6 Å². The number of fused-ring (bicyclic) bond motifs is 1. The van der Waals surface area contributed by atoms with E-state index < -0.39 is 34.8 Å². The van der Waals surface area contributed by atoms with Gasteiger partial charge in [-0.05, 0) is 71.6 Å². The summed E-state index contributed by atoms with van der Waals surface area (Å²) in [6.45, 7) is 5.46. The lowest BCUT2D eigenvalue weighted by atomic mass is 9.74. The Labute approximate surface area is 227 Å². The average Bonchev–Trinajstić information content (AvgIpc) is 3.25. The molecule has 38 heavy (non-hydrogen) atoms. The normalized spacial score (nSPS) is 20.1. The lowest BCUT2D eigenvalue weighted by Crippen LogP contribution is -2.51. The highest BCUT2D eigenvalue weighted by Gasteiger charge is 2.49. The number of carbonyl (C=O) groups is 1. The maximum Gasteiger partial charge on any atom is 0.410 e. The number of amides is 1. The first-order chi connectivity index (χ1) is 18.0. The minimum absolute atomic E-state index is 0.00712. The van der Waals surface area contributed by atoms with Crippen molar-refractivity contribution >= 4 is 32.8 Å². The molecule has 4 aromatic rings. The Morgan fingerprint density at radius 3 is 2.61 bits per heavy atom. The summed E-state index contributed by atoms with van der Waals surface area (Å²) in [5.41, 5.74) is -0.861. The highest BCUT2D eigenvalue weighted by molar-refractivity contribution is 9.10. The van der Waals surface area contributed by atoms with E-state index in [9.17, 15) is 18.7 Å². The number of benzene rings is 3. The van der Waals surface area contributed by atoms with Gasteiger partial charge in [-0.1, -0.05) is 53.7 Å². The van der Waals surface area contributed by atoms with Crippen LogP contribution in [0.3, 0.4) is 0 Å². The van der Waals surface area contributed by atoms with Crippen LogP contribution in [-0.2, 0) is 10.3 Å². The molecule has 2 heterocycles. The van der Waals surface area contributed by atoms with Crippen molar-refractivity contribution in [3.8, 4) is 11.3 Å². The van der Waals surface area contributed by atoms with E-state index in [2.05, 4.69) is 21.1 Å². The molecule has 1 aliphatic rings. The second-order valence-electron chi connectivity index (χ2n) is 10.5. The summed E-state index contributed by atoms with van der Waals surface area (Å²) in [4.78, 5) is 14.4. The molecule has 1 amide bonds. The lowest BCUT2D eigenvalue weighted by Gasteiger charge is -2.44. The molecule has 2 atom stereocenters. The number of halogens is 3. The molecule has 1 fully saturated rings. The van der Waals surface area contributed by atoms with Crippen LogP contribution in [0, 0.1) is 11.6 Å². The summed E-state index contributed by atoms with van der Waals surface area (Å²) in [5.74, 6) is -2.66. The molecule has 1 aliphatic heterocycles. The van der Waals surface area contributed by atoms with Crippen LogP contribution >= 0.6 is 15.9 Å². The van der Waals surface area contributed by atoms with Crippen molar-refractivity contribution in [3.63, 3.8) is 0 Å². The largest absolute Gasteiger partial charge is 0.444 e. The summed E-state index contributed by atoms with van der Waals surface area (Å²) in [6, 6.07) is 17.0. The van der Waals surface area contributed by atoms with Crippen molar-refractivity contribution in [2.45, 2.75) is 44.3 Å². The highest BCUT2D eigenvalue weighted by atomic mass is 79.9. The van der Waals surface area contributed by atoms with Gasteiger partial charge < -0.3 is 19.3 Å². The van der Waals surface area contributed by atoms with E-state index >= 15 is 0 Å². The molecule has 0 radical (unpaired) electrons. The summed E-state index contributed by atoms with van der Waals surface area (Å²) in [6.07, 6.45) is -0.501. The minimum Gasteiger partial charge on any atom is -0.444 e. The molecule has 0 bridgehead atoms. The first-order valence-electron chi connectivity index (χ1n) is 12.3. The van der Waals surface area contributed by atoms with Crippen LogP contribution in [0.5, 0.6) is 0 Å². The Bertz CT molecular complexity index is 1510. The van der Waals surface area contributed by atoms with E-state index in [1.54, 1.807) is 20.8 Å². The van der Waals surface area contributed by atoms with Gasteiger partial charge in [0.05, 0.1) is 10.4 Å². The second kappa shape index (κ2) is 9.78. The Kier molecular flexibility index (Phi) is 6.77. The molecule has 198 valence electrons. The summed E-state index contributed by atoms with van der Waals surface area (Å²) in [7, 11) is 0. The van der Waals surface area contributed by atoms with Crippen molar-refractivity contribution in [3.05, 3.63) is 88.1 Å². The first kappa shape index (κ1) is 26.3. The van der Waals surface area contributed by atoms with Crippen molar-refractivity contribution in [1.29, 1.82) is 0 Å². The summed E-state index contributed by atoms with van der Waals surface area (Å²) >= 11 is 3.63. The molecule has 0 saturated carbocycles. The zero-order valence-corrected chi connectivity index (χ0v) is 22.8. The quantitative estimate of drug-likeness (QED) is 0.277. The van der Waals surface area contributed by atoms with E-state index in [4.69, 9.17) is 9.26 Å². The topological polar surface area (TPSA) is 75.8 Å². The Morgan fingerprint density at radius 2 is 1.87 bits per heavy atom. The maximum absolute atomic E-state index is 14.3. The van der Waals surface area contributed by atoms with Crippen molar-refractivity contribution < 1.29 is 27.9 Å². The van der Waals surface area contributed by atoms with Gasteiger partial charge >= 0.3 is 6.09 Å². The van der Waals surface area contributed by atoms with Crippen LogP contribution in [0.15, 0.2) is 69.7 Å². The van der Waals surface area contributed by atoms with Crippen molar-refractivity contribution in [2.75, 3.05) is 13.1 Å². The number of carbonyl (C=O) groups excluding carboxylic acids is 1. The summed E-state index contributed by atoms with van der Waals surface area (Å²) in [5, 5.41) is 18.3. The number of hydrogen-bond acceptors (Lipinski definition) is 5. The number of nitrogens with zero attached hydrogens (tertiary/aromatic N) is 2. The fourth-order valence-corrected chi connectivity index (χ4v) is 5.59. The van der Waals surface area contributed by atoms with Gasteiger partial charge in [0.25, 0.3) is 0 Å². The standard InChI is InChI=1S/C29H27BrF2N2O4/c1-28(2,3)37-27(35)34-14-13-29(36,18-11-12-22(31)23(32)15-18)21(16-34)26-24(30)25(33-38-26)20-10-6-8-17-7-4-5-9-19(17)20/h4-12,15,21,36H,13-14,16H2,1-3H3/t21-,29+/m1/s1. The number of piperidine rings is 1. The number of rotatable bonds is 3. The van der Waals surface area contributed by atoms with Gasteiger partial charge in [-0.15, -0.1) is 0 Å². The van der Waals surface area contributed by atoms with Gasteiger partial charge in [-0.2, -0.15) is 0 Å². The number of hydrogen-bond donors (Lipinski definition) is 1. The molecular formula is C29H27BrF2N2O4. The Morgan fingerprint density at radius 1 is 1.13 bits per heavy atom. The number of ether oxygens (including phenoxy) is 1. The molecular weight excluding hydrogens is 558 g/mol. The third-order valence-corrected chi connectivity index (χ3v) is 7.60. The molecule has 1 N–H and O–H groups in total. The van der Waals surface area contributed by atoms with Gasteiger partial charge in [0.15, 0.2) is 17.4 Å². The van der Waals surface area contributed by atoms with Crippen LogP contribution in [-0.4, -0.2) is 39.9 Å². The van der Waals surface area contributed by atoms with E-state index in [1.165, 1.54) is 11.0 Å². The molecule has 3 aromatic carbocycles. The van der Waals surface area contributed by atoms with E-state index in [0.717, 1.165) is 28.5 Å². The van der Waals surface area contributed by atoms with Crippen molar-refractivity contribution in [2.24, 2.45) is 0 Å². The predicted molar refractivity (Wildman–Crippen MR) is 143 cm³/mol. The molecule has 0 aliphatic carbocycles. The molecule has 0 spiro atoms.